The second-order valence-electron chi connectivity index (χ2n) is 6.47. The number of nitrogens with one attached hydrogen (secondary N) is 2. The molecule has 0 aliphatic carbocycles. The highest BCUT2D eigenvalue weighted by Crippen LogP contribution is 2.19. The number of rotatable bonds is 4. The largest absolute Gasteiger partial charge is 0.361 e. The van der Waals surface area contributed by atoms with Crippen LogP contribution in [0.4, 0.5) is 0 Å². The van der Waals surface area contributed by atoms with Gasteiger partial charge in [0.1, 0.15) is 0 Å². The normalized spacial score (nSPS) is 18.5. The van der Waals surface area contributed by atoms with E-state index < -0.39 is 0 Å². The fourth-order valence-corrected chi connectivity index (χ4v) is 3.22. The number of fused-ring (bicyclic) bond motifs is 1. The second-order valence-corrected chi connectivity index (χ2v) is 6.47. The van der Waals surface area contributed by atoms with Crippen molar-refractivity contribution in [3.63, 3.8) is 0 Å². The van der Waals surface area contributed by atoms with E-state index in [1.54, 1.807) is 0 Å². The minimum atomic E-state index is -0.0436. The van der Waals surface area contributed by atoms with Crippen LogP contribution >= 0.6 is 0 Å². The summed E-state index contributed by atoms with van der Waals surface area (Å²) in [7, 11) is 0. The molecule has 0 bridgehead atoms. The van der Waals surface area contributed by atoms with Crippen LogP contribution in [-0.2, 0) is 11.3 Å². The molecule has 1 aromatic carbocycles. The average molecular weight is 299 g/mol. The molecule has 0 saturated carbocycles. The summed E-state index contributed by atoms with van der Waals surface area (Å²) >= 11 is 0. The number of carbonyl (C=O) groups is 1. The number of benzene rings is 1. The van der Waals surface area contributed by atoms with Gasteiger partial charge in [-0.15, -0.1) is 0 Å². The molecule has 1 aliphatic rings. The number of carbonyl (C=O) groups excluding carboxylic acids is 1. The lowest BCUT2D eigenvalue weighted by Crippen LogP contribution is -2.47. The van der Waals surface area contributed by atoms with Crippen molar-refractivity contribution in [2.75, 3.05) is 13.1 Å². The highest BCUT2D eigenvalue weighted by molar-refractivity contribution is 5.84. The number of hydrogen-bond donors (Lipinski definition) is 2. The summed E-state index contributed by atoms with van der Waals surface area (Å²) in [5.74, 6) is 0.916. The van der Waals surface area contributed by atoms with Crippen molar-refractivity contribution in [2.24, 2.45) is 5.92 Å². The third-order valence-corrected chi connectivity index (χ3v) is 4.88. The van der Waals surface area contributed by atoms with Crippen molar-refractivity contribution in [1.82, 2.24) is 15.2 Å². The predicted molar refractivity (Wildman–Crippen MR) is 89.6 cm³/mol. The Bertz CT molecular complexity index is 641. The molecule has 1 aromatic heterocycles. The van der Waals surface area contributed by atoms with Crippen LogP contribution in [0.5, 0.6) is 0 Å². The van der Waals surface area contributed by atoms with Crippen LogP contribution in [0.3, 0.4) is 0 Å². The van der Waals surface area contributed by atoms with Crippen LogP contribution in [0.15, 0.2) is 30.5 Å². The lowest BCUT2D eigenvalue weighted by Gasteiger charge is -2.34. The monoisotopic (exact) mass is 299 g/mol. The van der Waals surface area contributed by atoms with E-state index >= 15 is 0 Å². The Hall–Kier alpha value is -1.81. The molecule has 1 saturated heterocycles. The fourth-order valence-electron chi connectivity index (χ4n) is 3.22. The molecule has 118 valence electrons. The third kappa shape index (κ3) is 3.17. The zero-order valence-corrected chi connectivity index (χ0v) is 13.4. The van der Waals surface area contributed by atoms with Crippen LogP contribution in [0.25, 0.3) is 10.9 Å². The number of aromatic nitrogens is 1. The third-order valence-electron chi connectivity index (χ3n) is 4.88. The number of amides is 1. The van der Waals surface area contributed by atoms with E-state index in [0.717, 1.165) is 30.1 Å². The molecule has 1 fully saturated rings. The van der Waals surface area contributed by atoms with Crippen LogP contribution in [0.1, 0.15) is 32.3 Å². The summed E-state index contributed by atoms with van der Waals surface area (Å²) < 4.78 is 0. The molecule has 0 spiro atoms. The standard InChI is InChI=1S/C18H25N3O/c1-13-7-10-21(11-8-13)14(2)18(22)20-12-15-4-3-5-17-16(15)6-9-19-17/h3-6,9,13-14,19H,7-8,10-12H2,1-2H3,(H,20,22). The summed E-state index contributed by atoms with van der Waals surface area (Å²) in [5, 5.41) is 4.28. The highest BCUT2D eigenvalue weighted by atomic mass is 16.2. The van der Waals surface area contributed by atoms with Crippen LogP contribution in [-0.4, -0.2) is 34.9 Å². The number of hydrogen-bond acceptors (Lipinski definition) is 2. The van der Waals surface area contributed by atoms with Crippen molar-refractivity contribution >= 4 is 16.8 Å². The maximum Gasteiger partial charge on any atom is 0.237 e. The van der Waals surface area contributed by atoms with E-state index in [0.29, 0.717) is 6.54 Å². The molecule has 1 atom stereocenters. The topological polar surface area (TPSA) is 48.1 Å². The van der Waals surface area contributed by atoms with E-state index in [-0.39, 0.29) is 11.9 Å². The highest BCUT2D eigenvalue weighted by Gasteiger charge is 2.24. The Balaban J connectivity index is 1.59. The van der Waals surface area contributed by atoms with E-state index in [1.807, 2.05) is 19.2 Å². The number of H-pyrrole nitrogens is 1. The Morgan fingerprint density at radius 3 is 2.91 bits per heavy atom. The first-order valence-corrected chi connectivity index (χ1v) is 8.22. The Labute approximate surface area is 131 Å². The SMILES string of the molecule is CC1CCN(C(C)C(=O)NCc2cccc3[nH]ccc23)CC1. The smallest absolute Gasteiger partial charge is 0.237 e. The lowest BCUT2D eigenvalue weighted by atomic mass is 9.98. The maximum atomic E-state index is 12.4. The molecule has 4 heteroatoms. The van der Waals surface area contributed by atoms with Gasteiger partial charge in [-0.25, -0.2) is 0 Å². The molecular formula is C18H25N3O. The van der Waals surface area contributed by atoms with Gasteiger partial charge >= 0.3 is 0 Å². The Morgan fingerprint density at radius 1 is 1.36 bits per heavy atom. The number of likely N-dealkylation sites (tertiary alicyclic amines) is 1. The fraction of sp³-hybridized carbons (Fsp3) is 0.500. The van der Waals surface area contributed by atoms with Crippen molar-refractivity contribution in [2.45, 2.75) is 39.3 Å². The van der Waals surface area contributed by atoms with Gasteiger partial charge in [-0.2, -0.15) is 0 Å². The molecule has 1 unspecified atom stereocenters. The lowest BCUT2D eigenvalue weighted by molar-refractivity contribution is -0.126. The van der Waals surface area contributed by atoms with Crippen molar-refractivity contribution in [3.8, 4) is 0 Å². The van der Waals surface area contributed by atoms with Crippen LogP contribution < -0.4 is 5.32 Å². The van der Waals surface area contributed by atoms with Gasteiger partial charge in [0.25, 0.3) is 0 Å². The molecule has 1 aliphatic heterocycles. The number of piperidine rings is 1. The van der Waals surface area contributed by atoms with Gasteiger partial charge in [-0.1, -0.05) is 19.1 Å². The van der Waals surface area contributed by atoms with Gasteiger partial charge in [0.15, 0.2) is 0 Å². The maximum absolute atomic E-state index is 12.4. The van der Waals surface area contributed by atoms with Gasteiger partial charge in [0.05, 0.1) is 6.04 Å². The first kappa shape index (κ1) is 15.1. The minimum absolute atomic E-state index is 0.0436. The number of nitrogens with zero attached hydrogens (tertiary/aromatic N) is 1. The quantitative estimate of drug-likeness (QED) is 0.912. The minimum Gasteiger partial charge on any atom is -0.361 e. The first-order valence-electron chi connectivity index (χ1n) is 8.22. The predicted octanol–water partition coefficient (Wildman–Crippen LogP) is 2.90. The summed E-state index contributed by atoms with van der Waals surface area (Å²) in [6, 6.07) is 8.17. The van der Waals surface area contributed by atoms with Gasteiger partial charge < -0.3 is 10.3 Å². The van der Waals surface area contributed by atoms with Crippen molar-refractivity contribution < 1.29 is 4.79 Å². The van der Waals surface area contributed by atoms with Gasteiger partial charge in [0.2, 0.25) is 5.91 Å². The van der Waals surface area contributed by atoms with Crippen molar-refractivity contribution in [1.29, 1.82) is 0 Å². The average Bonchev–Trinajstić information content (AvgIpc) is 3.01. The molecule has 1 amide bonds. The van der Waals surface area contributed by atoms with E-state index in [2.05, 4.69) is 40.3 Å². The summed E-state index contributed by atoms with van der Waals surface area (Å²) in [6.07, 6.45) is 4.33. The Morgan fingerprint density at radius 2 is 2.14 bits per heavy atom. The summed E-state index contributed by atoms with van der Waals surface area (Å²) in [6.45, 7) is 6.96. The molecule has 2 heterocycles. The Kier molecular flexibility index (Phi) is 4.48. The molecule has 0 radical (unpaired) electrons. The molecule has 2 aromatic rings. The second kappa shape index (κ2) is 6.53. The van der Waals surface area contributed by atoms with E-state index in [9.17, 15) is 4.79 Å². The molecule has 22 heavy (non-hydrogen) atoms. The molecule has 4 nitrogen and oxygen atoms in total. The summed E-state index contributed by atoms with van der Waals surface area (Å²) in [5.41, 5.74) is 2.27. The van der Waals surface area contributed by atoms with E-state index in [1.165, 1.54) is 18.2 Å². The van der Waals surface area contributed by atoms with Gasteiger partial charge in [-0.05, 0) is 56.5 Å². The zero-order chi connectivity index (χ0) is 15.5. The summed E-state index contributed by atoms with van der Waals surface area (Å²) in [4.78, 5) is 17.9. The van der Waals surface area contributed by atoms with Crippen LogP contribution in [0.2, 0.25) is 0 Å². The van der Waals surface area contributed by atoms with Crippen molar-refractivity contribution in [3.05, 3.63) is 36.0 Å². The van der Waals surface area contributed by atoms with Gasteiger partial charge in [0, 0.05) is 23.6 Å². The first-order chi connectivity index (χ1) is 10.6. The van der Waals surface area contributed by atoms with E-state index in [4.69, 9.17) is 0 Å². The number of aromatic amines is 1. The molecular weight excluding hydrogens is 274 g/mol. The molecule has 3 rings (SSSR count). The van der Waals surface area contributed by atoms with Gasteiger partial charge in [-0.3, -0.25) is 9.69 Å². The van der Waals surface area contributed by atoms with Crippen LogP contribution in [0, 0.1) is 5.92 Å². The zero-order valence-electron chi connectivity index (χ0n) is 13.4. The molecule has 2 N–H and O–H groups in total.